The van der Waals surface area contributed by atoms with Gasteiger partial charge in [-0.3, -0.25) is 9.59 Å². The second-order valence-electron chi connectivity index (χ2n) is 9.81. The fraction of sp³-hybridized carbons (Fsp3) is 0.400. The van der Waals surface area contributed by atoms with Gasteiger partial charge >= 0.3 is 0 Å². The number of carbonyl (C=O) groups is 2. The summed E-state index contributed by atoms with van der Waals surface area (Å²) in [5, 5.41) is 2.87. The molecule has 1 saturated heterocycles. The molecule has 1 aliphatic heterocycles. The maximum atomic E-state index is 12.8. The SMILES string of the molecule is C=C/C=C\C(C=C)=C(/C)C(=C1CCN(C(=O)CCNC(=O)C(C)(C)C)CC1)c1ccccc1C. The third-order valence-corrected chi connectivity index (χ3v) is 6.23. The van der Waals surface area contributed by atoms with Gasteiger partial charge in [-0.05, 0) is 54.5 Å². The second-order valence-corrected chi connectivity index (χ2v) is 9.81. The molecule has 2 amide bonds. The molecule has 0 bridgehead atoms. The first kappa shape index (κ1) is 27.1. The summed E-state index contributed by atoms with van der Waals surface area (Å²) in [5.74, 6) is 0.0662. The highest BCUT2D eigenvalue weighted by molar-refractivity contribution is 5.85. The lowest BCUT2D eigenvalue weighted by atomic mass is 9.85. The number of hydrogen-bond acceptors (Lipinski definition) is 2. The predicted molar refractivity (Wildman–Crippen MR) is 143 cm³/mol. The van der Waals surface area contributed by atoms with Gasteiger partial charge in [0.1, 0.15) is 0 Å². The van der Waals surface area contributed by atoms with E-state index in [-0.39, 0.29) is 11.8 Å². The van der Waals surface area contributed by atoms with Crippen LogP contribution in [0.15, 0.2) is 78.4 Å². The standard InChI is InChI=1S/C30H40N2O2/c1-8-10-14-24(9-2)23(4)28(26-15-12-11-13-22(26)3)25-17-20-32(21-18-25)27(33)16-19-31-29(34)30(5,6)7/h8-15H,1-2,16-21H2,3-7H3,(H,31,34)/b14-10-,24-23+. The van der Waals surface area contributed by atoms with Crippen LogP contribution in [0.3, 0.4) is 0 Å². The molecular formula is C30H40N2O2. The van der Waals surface area contributed by atoms with Crippen molar-refractivity contribution in [1.82, 2.24) is 10.2 Å². The van der Waals surface area contributed by atoms with Gasteiger partial charge in [0.2, 0.25) is 11.8 Å². The van der Waals surface area contributed by atoms with Crippen LogP contribution >= 0.6 is 0 Å². The van der Waals surface area contributed by atoms with Crippen LogP contribution in [0.25, 0.3) is 5.57 Å². The molecule has 1 aliphatic rings. The number of piperidine rings is 1. The largest absolute Gasteiger partial charge is 0.355 e. The Balaban J connectivity index is 2.24. The molecule has 0 saturated carbocycles. The minimum atomic E-state index is -0.448. The summed E-state index contributed by atoms with van der Waals surface area (Å²) < 4.78 is 0. The van der Waals surface area contributed by atoms with Crippen LogP contribution < -0.4 is 5.32 Å². The topological polar surface area (TPSA) is 49.4 Å². The number of amides is 2. The van der Waals surface area contributed by atoms with Crippen LogP contribution in [0.5, 0.6) is 0 Å². The fourth-order valence-corrected chi connectivity index (χ4v) is 4.16. The Bertz CT molecular complexity index is 1010. The molecule has 0 aromatic heterocycles. The van der Waals surface area contributed by atoms with Crippen molar-refractivity contribution in [3.05, 3.63) is 89.6 Å². The number of aryl methyl sites for hydroxylation is 1. The van der Waals surface area contributed by atoms with Gasteiger partial charge < -0.3 is 10.2 Å². The fourth-order valence-electron chi connectivity index (χ4n) is 4.16. The molecule has 0 aliphatic carbocycles. The van der Waals surface area contributed by atoms with E-state index in [4.69, 9.17) is 0 Å². The number of nitrogens with zero attached hydrogens (tertiary/aromatic N) is 1. The molecule has 182 valence electrons. The molecule has 1 N–H and O–H groups in total. The van der Waals surface area contributed by atoms with Gasteiger partial charge in [0.25, 0.3) is 0 Å². The Labute approximate surface area is 205 Å². The van der Waals surface area contributed by atoms with E-state index in [1.165, 1.54) is 27.8 Å². The second kappa shape index (κ2) is 12.4. The van der Waals surface area contributed by atoms with Gasteiger partial charge in [0.05, 0.1) is 0 Å². The highest BCUT2D eigenvalue weighted by atomic mass is 16.2. The maximum Gasteiger partial charge on any atom is 0.225 e. The van der Waals surface area contributed by atoms with E-state index in [9.17, 15) is 9.59 Å². The van der Waals surface area contributed by atoms with Crippen molar-refractivity contribution in [2.45, 2.75) is 53.9 Å². The average Bonchev–Trinajstić information content (AvgIpc) is 2.80. The molecular weight excluding hydrogens is 420 g/mol. The Morgan fingerprint density at radius 1 is 1.12 bits per heavy atom. The summed E-state index contributed by atoms with van der Waals surface area (Å²) >= 11 is 0. The van der Waals surface area contributed by atoms with Gasteiger partial charge in [0, 0.05) is 31.5 Å². The molecule has 0 unspecified atom stereocenters. The van der Waals surface area contributed by atoms with E-state index in [0.29, 0.717) is 26.1 Å². The maximum absolute atomic E-state index is 12.8. The van der Waals surface area contributed by atoms with Gasteiger partial charge in [-0.25, -0.2) is 0 Å². The monoisotopic (exact) mass is 460 g/mol. The molecule has 1 heterocycles. The molecule has 0 radical (unpaired) electrons. The molecule has 4 nitrogen and oxygen atoms in total. The van der Waals surface area contributed by atoms with Crippen molar-refractivity contribution in [3.8, 4) is 0 Å². The highest BCUT2D eigenvalue weighted by Gasteiger charge is 2.24. The quantitative estimate of drug-likeness (QED) is 0.472. The van der Waals surface area contributed by atoms with Crippen molar-refractivity contribution >= 4 is 17.4 Å². The number of benzene rings is 1. The minimum Gasteiger partial charge on any atom is -0.355 e. The summed E-state index contributed by atoms with van der Waals surface area (Å²) in [4.78, 5) is 26.7. The van der Waals surface area contributed by atoms with E-state index in [2.05, 4.69) is 56.6 Å². The van der Waals surface area contributed by atoms with E-state index in [1.807, 2.05) is 43.9 Å². The highest BCUT2D eigenvalue weighted by Crippen LogP contribution is 2.35. The summed E-state index contributed by atoms with van der Waals surface area (Å²) in [7, 11) is 0. The zero-order chi connectivity index (χ0) is 25.3. The number of allylic oxidation sites excluding steroid dienone is 7. The molecule has 0 spiro atoms. The minimum absolute atomic E-state index is 0.0298. The average molecular weight is 461 g/mol. The summed E-state index contributed by atoms with van der Waals surface area (Å²) in [6.45, 7) is 19.5. The number of likely N-dealkylation sites (tertiary alicyclic amines) is 1. The van der Waals surface area contributed by atoms with Crippen molar-refractivity contribution in [1.29, 1.82) is 0 Å². The van der Waals surface area contributed by atoms with E-state index >= 15 is 0 Å². The lowest BCUT2D eigenvalue weighted by Gasteiger charge is -2.31. The van der Waals surface area contributed by atoms with Crippen LogP contribution in [0, 0.1) is 12.3 Å². The summed E-state index contributed by atoms with van der Waals surface area (Å²) in [6.07, 6.45) is 9.62. The summed E-state index contributed by atoms with van der Waals surface area (Å²) in [6, 6.07) is 8.45. The third-order valence-electron chi connectivity index (χ3n) is 6.23. The normalized spacial score (nSPS) is 15.1. The molecule has 1 fully saturated rings. The Kier molecular flexibility index (Phi) is 9.85. The zero-order valence-corrected chi connectivity index (χ0v) is 21.5. The van der Waals surface area contributed by atoms with Crippen LogP contribution in [0.4, 0.5) is 0 Å². The smallest absolute Gasteiger partial charge is 0.225 e. The van der Waals surface area contributed by atoms with Crippen molar-refractivity contribution < 1.29 is 9.59 Å². The van der Waals surface area contributed by atoms with E-state index in [0.717, 1.165) is 18.4 Å². The first-order valence-electron chi connectivity index (χ1n) is 12.1. The van der Waals surface area contributed by atoms with Gasteiger partial charge in [-0.1, -0.05) is 88.1 Å². The van der Waals surface area contributed by atoms with E-state index in [1.54, 1.807) is 6.08 Å². The van der Waals surface area contributed by atoms with Crippen LogP contribution in [0.1, 0.15) is 58.1 Å². The van der Waals surface area contributed by atoms with Gasteiger partial charge in [-0.2, -0.15) is 0 Å². The molecule has 34 heavy (non-hydrogen) atoms. The van der Waals surface area contributed by atoms with Crippen molar-refractivity contribution in [2.75, 3.05) is 19.6 Å². The number of nitrogens with one attached hydrogen (secondary N) is 1. The van der Waals surface area contributed by atoms with Gasteiger partial charge in [-0.15, -0.1) is 0 Å². The number of rotatable bonds is 8. The molecule has 4 heteroatoms. The summed E-state index contributed by atoms with van der Waals surface area (Å²) in [5.41, 5.74) is 6.88. The number of hydrogen-bond donors (Lipinski definition) is 1. The number of carbonyl (C=O) groups excluding carboxylic acids is 2. The molecule has 0 atom stereocenters. The lowest BCUT2D eigenvalue weighted by molar-refractivity contribution is -0.132. The van der Waals surface area contributed by atoms with Crippen LogP contribution in [-0.4, -0.2) is 36.3 Å². The Hall–Kier alpha value is -3.14. The third kappa shape index (κ3) is 7.18. The van der Waals surface area contributed by atoms with Crippen molar-refractivity contribution in [3.63, 3.8) is 0 Å². The zero-order valence-electron chi connectivity index (χ0n) is 21.5. The van der Waals surface area contributed by atoms with Crippen LogP contribution in [0.2, 0.25) is 0 Å². The molecule has 1 aromatic rings. The van der Waals surface area contributed by atoms with E-state index < -0.39 is 5.41 Å². The molecule has 2 rings (SSSR count). The Morgan fingerprint density at radius 2 is 1.76 bits per heavy atom. The first-order valence-corrected chi connectivity index (χ1v) is 12.1. The first-order chi connectivity index (χ1) is 16.1. The molecule has 1 aromatic carbocycles. The Morgan fingerprint density at radius 3 is 2.32 bits per heavy atom. The lowest BCUT2D eigenvalue weighted by Crippen LogP contribution is -2.40. The van der Waals surface area contributed by atoms with Crippen LogP contribution in [-0.2, 0) is 9.59 Å². The van der Waals surface area contributed by atoms with Crippen molar-refractivity contribution in [2.24, 2.45) is 5.41 Å². The van der Waals surface area contributed by atoms with Gasteiger partial charge in [0.15, 0.2) is 0 Å². The predicted octanol–water partition coefficient (Wildman–Crippen LogP) is 6.17.